The van der Waals surface area contributed by atoms with Crippen molar-refractivity contribution in [2.24, 2.45) is 0 Å². The highest BCUT2D eigenvalue weighted by atomic mass is 79.9. The number of amides is 1. The van der Waals surface area contributed by atoms with Gasteiger partial charge in [0.15, 0.2) is 0 Å². The molecule has 6 heteroatoms. The van der Waals surface area contributed by atoms with Crippen LogP contribution >= 0.6 is 15.9 Å². The van der Waals surface area contributed by atoms with E-state index in [1.165, 1.54) is 18.2 Å². The lowest BCUT2D eigenvalue weighted by atomic mass is 10.2. The SMILES string of the molecule is O=C(NCCCn1ccnc1)c1ccc(F)c(Br)c1. The van der Waals surface area contributed by atoms with Gasteiger partial charge in [-0.15, -0.1) is 0 Å². The largest absolute Gasteiger partial charge is 0.352 e. The molecular weight excluding hydrogens is 313 g/mol. The standard InChI is InChI=1S/C13H13BrFN3O/c14-11-8-10(2-3-12(11)15)13(19)17-4-1-6-18-7-5-16-9-18/h2-3,5,7-9H,1,4,6H2,(H,17,19). The molecule has 0 saturated carbocycles. The quantitative estimate of drug-likeness (QED) is 0.859. The summed E-state index contributed by atoms with van der Waals surface area (Å²) in [5.41, 5.74) is 0.441. The summed E-state index contributed by atoms with van der Waals surface area (Å²) in [6.45, 7) is 1.36. The average molecular weight is 326 g/mol. The Balaban J connectivity index is 1.79. The Bertz CT molecular complexity index is 557. The van der Waals surface area contributed by atoms with Gasteiger partial charge in [0.25, 0.3) is 5.91 Å². The van der Waals surface area contributed by atoms with Gasteiger partial charge in [0.2, 0.25) is 0 Å². The minimum absolute atomic E-state index is 0.202. The number of rotatable bonds is 5. The second-order valence-corrected chi connectivity index (χ2v) is 4.89. The Morgan fingerprint density at radius 3 is 3.00 bits per heavy atom. The van der Waals surface area contributed by atoms with Crippen LogP contribution in [-0.4, -0.2) is 22.0 Å². The molecule has 0 unspecified atom stereocenters. The number of carbonyl (C=O) groups is 1. The number of halogens is 2. The Morgan fingerprint density at radius 2 is 2.32 bits per heavy atom. The van der Waals surface area contributed by atoms with Crippen LogP contribution in [0.25, 0.3) is 0 Å². The number of aryl methyl sites for hydroxylation is 1. The number of hydrogen-bond donors (Lipinski definition) is 1. The van der Waals surface area contributed by atoms with E-state index in [9.17, 15) is 9.18 Å². The molecule has 0 aliphatic carbocycles. The highest BCUT2D eigenvalue weighted by Gasteiger charge is 2.07. The van der Waals surface area contributed by atoms with Gasteiger partial charge in [-0.1, -0.05) is 0 Å². The zero-order chi connectivity index (χ0) is 13.7. The van der Waals surface area contributed by atoms with Gasteiger partial charge < -0.3 is 9.88 Å². The van der Waals surface area contributed by atoms with Gasteiger partial charge >= 0.3 is 0 Å². The first-order valence-corrected chi connectivity index (χ1v) is 6.65. The molecule has 0 bridgehead atoms. The third-order valence-electron chi connectivity index (χ3n) is 2.62. The molecule has 0 radical (unpaired) electrons. The van der Waals surface area contributed by atoms with Crippen molar-refractivity contribution in [1.29, 1.82) is 0 Å². The van der Waals surface area contributed by atoms with Crippen LogP contribution in [-0.2, 0) is 6.54 Å². The van der Waals surface area contributed by atoms with E-state index in [2.05, 4.69) is 26.2 Å². The number of nitrogens with one attached hydrogen (secondary N) is 1. The highest BCUT2D eigenvalue weighted by Crippen LogP contribution is 2.16. The molecule has 0 spiro atoms. The summed E-state index contributed by atoms with van der Waals surface area (Å²) < 4.78 is 15.3. The van der Waals surface area contributed by atoms with Crippen LogP contribution in [0.1, 0.15) is 16.8 Å². The summed E-state index contributed by atoms with van der Waals surface area (Å²) in [6.07, 6.45) is 6.14. The zero-order valence-corrected chi connectivity index (χ0v) is 11.7. The van der Waals surface area contributed by atoms with Crippen LogP contribution in [0.2, 0.25) is 0 Å². The lowest BCUT2D eigenvalue weighted by molar-refractivity contribution is 0.0952. The van der Waals surface area contributed by atoms with Crippen molar-refractivity contribution in [2.75, 3.05) is 6.54 Å². The third kappa shape index (κ3) is 3.89. The first-order valence-electron chi connectivity index (χ1n) is 5.86. The molecule has 0 saturated heterocycles. The normalized spacial score (nSPS) is 10.4. The smallest absolute Gasteiger partial charge is 0.251 e. The second-order valence-electron chi connectivity index (χ2n) is 4.04. The second kappa shape index (κ2) is 6.47. The Labute approximate surface area is 118 Å². The summed E-state index contributed by atoms with van der Waals surface area (Å²) in [7, 11) is 0. The van der Waals surface area contributed by atoms with E-state index in [4.69, 9.17) is 0 Å². The van der Waals surface area contributed by atoms with Crippen LogP contribution in [0.3, 0.4) is 0 Å². The molecule has 1 aromatic heterocycles. The first kappa shape index (κ1) is 13.7. The van der Waals surface area contributed by atoms with Crippen LogP contribution in [0.4, 0.5) is 4.39 Å². The van der Waals surface area contributed by atoms with Gasteiger partial charge in [-0.3, -0.25) is 4.79 Å². The molecule has 1 amide bonds. The van der Waals surface area contributed by atoms with Crippen molar-refractivity contribution in [1.82, 2.24) is 14.9 Å². The van der Waals surface area contributed by atoms with Gasteiger partial charge in [0.05, 0.1) is 10.8 Å². The molecule has 0 atom stereocenters. The molecule has 19 heavy (non-hydrogen) atoms. The Morgan fingerprint density at radius 1 is 1.47 bits per heavy atom. The molecule has 0 aliphatic rings. The molecule has 0 fully saturated rings. The number of imidazole rings is 1. The fourth-order valence-electron chi connectivity index (χ4n) is 1.62. The number of hydrogen-bond acceptors (Lipinski definition) is 2. The van der Waals surface area contributed by atoms with Gasteiger partial charge in [0, 0.05) is 31.0 Å². The zero-order valence-electron chi connectivity index (χ0n) is 10.1. The van der Waals surface area contributed by atoms with Gasteiger partial charge in [-0.25, -0.2) is 9.37 Å². The summed E-state index contributed by atoms with van der Waals surface area (Å²) >= 11 is 3.06. The highest BCUT2D eigenvalue weighted by molar-refractivity contribution is 9.10. The van der Waals surface area contributed by atoms with Crippen LogP contribution in [0, 0.1) is 5.82 Å². The molecule has 2 aromatic rings. The lowest BCUT2D eigenvalue weighted by Gasteiger charge is -2.06. The van der Waals surface area contributed by atoms with E-state index in [1.54, 1.807) is 12.5 Å². The summed E-state index contributed by atoms with van der Waals surface area (Å²) in [6, 6.07) is 4.20. The van der Waals surface area contributed by atoms with E-state index in [1.807, 2.05) is 10.8 Å². The van der Waals surface area contributed by atoms with Crippen molar-refractivity contribution in [3.8, 4) is 0 Å². The fraction of sp³-hybridized carbons (Fsp3) is 0.231. The minimum Gasteiger partial charge on any atom is -0.352 e. The maximum atomic E-state index is 13.0. The summed E-state index contributed by atoms with van der Waals surface area (Å²) in [5, 5.41) is 2.79. The van der Waals surface area contributed by atoms with Gasteiger partial charge in [-0.2, -0.15) is 0 Å². The maximum Gasteiger partial charge on any atom is 0.251 e. The first-order chi connectivity index (χ1) is 9.16. The minimum atomic E-state index is -0.378. The van der Waals surface area contributed by atoms with Crippen molar-refractivity contribution < 1.29 is 9.18 Å². The summed E-state index contributed by atoms with van der Waals surface area (Å²) in [4.78, 5) is 15.7. The van der Waals surface area contributed by atoms with Crippen molar-refractivity contribution in [2.45, 2.75) is 13.0 Å². The van der Waals surface area contributed by atoms with Crippen molar-refractivity contribution in [3.63, 3.8) is 0 Å². The number of carbonyl (C=O) groups excluding carboxylic acids is 1. The molecule has 2 rings (SSSR count). The molecule has 0 aliphatic heterocycles. The van der Waals surface area contributed by atoms with Crippen LogP contribution < -0.4 is 5.32 Å². The monoisotopic (exact) mass is 325 g/mol. The van der Waals surface area contributed by atoms with Crippen LogP contribution in [0.15, 0.2) is 41.4 Å². The fourth-order valence-corrected chi connectivity index (χ4v) is 2.00. The number of benzene rings is 1. The molecule has 1 heterocycles. The lowest BCUT2D eigenvalue weighted by Crippen LogP contribution is -2.25. The van der Waals surface area contributed by atoms with Crippen molar-refractivity contribution >= 4 is 21.8 Å². The van der Waals surface area contributed by atoms with E-state index in [0.717, 1.165) is 13.0 Å². The molecule has 1 N–H and O–H groups in total. The van der Waals surface area contributed by atoms with Crippen LogP contribution in [0.5, 0.6) is 0 Å². The van der Waals surface area contributed by atoms with Gasteiger partial charge in [-0.05, 0) is 40.5 Å². The Hall–Kier alpha value is -1.69. The van der Waals surface area contributed by atoms with Gasteiger partial charge in [0.1, 0.15) is 5.82 Å². The van der Waals surface area contributed by atoms with E-state index >= 15 is 0 Å². The molecule has 1 aromatic carbocycles. The predicted molar refractivity (Wildman–Crippen MR) is 73.3 cm³/mol. The number of aromatic nitrogens is 2. The van der Waals surface area contributed by atoms with E-state index < -0.39 is 0 Å². The van der Waals surface area contributed by atoms with E-state index in [0.29, 0.717) is 16.6 Å². The van der Waals surface area contributed by atoms with E-state index in [-0.39, 0.29) is 11.7 Å². The third-order valence-corrected chi connectivity index (χ3v) is 3.23. The Kier molecular flexibility index (Phi) is 4.68. The average Bonchev–Trinajstić information content (AvgIpc) is 2.91. The maximum absolute atomic E-state index is 13.0. The molecule has 4 nitrogen and oxygen atoms in total. The summed E-state index contributed by atoms with van der Waals surface area (Å²) in [5.74, 6) is -0.581. The predicted octanol–water partition coefficient (Wildman–Crippen LogP) is 2.60. The molecule has 100 valence electrons. The molecular formula is C13H13BrFN3O. The topological polar surface area (TPSA) is 46.9 Å². The van der Waals surface area contributed by atoms with Crippen molar-refractivity contribution in [3.05, 3.63) is 52.8 Å². The number of nitrogens with zero attached hydrogens (tertiary/aromatic N) is 2.